The number of hydrogen-bond donors (Lipinski definition) is 2. The van der Waals surface area contributed by atoms with Crippen LogP contribution in [-0.4, -0.2) is 50.8 Å². The molecule has 0 bridgehead atoms. The maximum atomic E-state index is 12.4. The number of aryl methyl sites for hydroxylation is 1. The summed E-state index contributed by atoms with van der Waals surface area (Å²) in [5.74, 6) is 0.698. The third kappa shape index (κ3) is 4.11. The summed E-state index contributed by atoms with van der Waals surface area (Å²) in [6.45, 7) is 9.10. The molecule has 1 aromatic carbocycles. The summed E-state index contributed by atoms with van der Waals surface area (Å²) in [6, 6.07) is 5.76. The molecule has 0 unspecified atom stereocenters. The molecule has 5 nitrogen and oxygen atoms in total. The first-order valence-electron chi connectivity index (χ1n) is 7.68. The van der Waals surface area contributed by atoms with Gasteiger partial charge in [0.15, 0.2) is 0 Å². The summed E-state index contributed by atoms with van der Waals surface area (Å²) in [4.78, 5) is 15.8. The number of carbonyl (C=O) groups is 1. The van der Waals surface area contributed by atoms with Crippen molar-refractivity contribution in [2.75, 3.05) is 45.2 Å². The predicted octanol–water partition coefficient (Wildman–Crippen LogP) is 1.15. The third-order valence-corrected chi connectivity index (χ3v) is 3.96. The van der Waals surface area contributed by atoms with Gasteiger partial charge in [-0.2, -0.15) is 0 Å². The van der Waals surface area contributed by atoms with Gasteiger partial charge in [-0.1, -0.05) is 13.0 Å². The molecule has 2 N–H and O–H groups in total. The van der Waals surface area contributed by atoms with Crippen LogP contribution in [0.25, 0.3) is 0 Å². The molecule has 21 heavy (non-hydrogen) atoms. The number of piperazine rings is 1. The van der Waals surface area contributed by atoms with Gasteiger partial charge in [-0.05, 0) is 31.0 Å². The number of ether oxygens (including phenoxy) is 1. The van der Waals surface area contributed by atoms with Crippen LogP contribution in [0.3, 0.4) is 0 Å². The molecule has 2 amide bonds. The first-order chi connectivity index (χ1) is 10.1. The van der Waals surface area contributed by atoms with E-state index >= 15 is 0 Å². The van der Waals surface area contributed by atoms with Crippen LogP contribution in [0, 0.1) is 6.92 Å². The highest BCUT2D eigenvalue weighted by molar-refractivity contribution is 5.91. The number of rotatable bonds is 4. The van der Waals surface area contributed by atoms with Crippen molar-refractivity contribution in [3.63, 3.8) is 0 Å². The SMILES string of the molecule is CCC[NH+]1CCN(C(=O)Nc2cc(C)ccc2OC)CC1. The summed E-state index contributed by atoms with van der Waals surface area (Å²) in [7, 11) is 1.62. The van der Waals surface area contributed by atoms with Gasteiger partial charge in [0.2, 0.25) is 0 Å². The van der Waals surface area contributed by atoms with Crippen molar-refractivity contribution in [1.82, 2.24) is 4.90 Å². The standard InChI is InChI=1S/C16H25N3O2/c1-4-7-18-8-10-19(11-9-18)16(20)17-14-12-13(2)5-6-15(14)21-3/h5-6,12H,4,7-11H2,1-3H3,(H,17,20)/p+1. The van der Waals surface area contributed by atoms with E-state index in [1.165, 1.54) is 13.0 Å². The van der Waals surface area contributed by atoms with E-state index in [-0.39, 0.29) is 6.03 Å². The molecule has 1 fully saturated rings. The normalized spacial score (nSPS) is 15.9. The fourth-order valence-electron chi connectivity index (χ4n) is 2.74. The summed E-state index contributed by atoms with van der Waals surface area (Å²) in [5.41, 5.74) is 1.84. The van der Waals surface area contributed by atoms with Crippen LogP contribution in [0.2, 0.25) is 0 Å². The minimum atomic E-state index is -0.0329. The summed E-state index contributed by atoms with van der Waals surface area (Å²) >= 11 is 0. The molecular weight excluding hydrogens is 266 g/mol. The van der Waals surface area contributed by atoms with Crippen LogP contribution < -0.4 is 15.0 Å². The van der Waals surface area contributed by atoms with Gasteiger partial charge in [-0.25, -0.2) is 4.79 Å². The maximum absolute atomic E-state index is 12.4. The van der Waals surface area contributed by atoms with E-state index in [0.717, 1.165) is 37.4 Å². The fourth-order valence-corrected chi connectivity index (χ4v) is 2.74. The molecule has 1 saturated heterocycles. The molecule has 0 spiro atoms. The van der Waals surface area contributed by atoms with Crippen molar-refractivity contribution < 1.29 is 14.4 Å². The number of nitrogens with zero attached hydrogens (tertiary/aromatic N) is 1. The van der Waals surface area contributed by atoms with Gasteiger partial charge in [0.05, 0.1) is 45.5 Å². The van der Waals surface area contributed by atoms with Gasteiger partial charge in [0, 0.05) is 0 Å². The summed E-state index contributed by atoms with van der Waals surface area (Å²) in [6.07, 6.45) is 1.20. The van der Waals surface area contributed by atoms with Crippen LogP contribution in [0.5, 0.6) is 5.75 Å². The van der Waals surface area contributed by atoms with Crippen LogP contribution in [0.1, 0.15) is 18.9 Å². The van der Waals surface area contributed by atoms with Crippen molar-refractivity contribution in [3.8, 4) is 5.75 Å². The number of methoxy groups -OCH3 is 1. The molecule has 0 aromatic heterocycles. The largest absolute Gasteiger partial charge is 0.495 e. The molecule has 0 saturated carbocycles. The van der Waals surface area contributed by atoms with Gasteiger partial charge >= 0.3 is 6.03 Å². The molecule has 116 valence electrons. The molecule has 1 aliphatic rings. The topological polar surface area (TPSA) is 46.0 Å². The highest BCUT2D eigenvalue weighted by atomic mass is 16.5. The monoisotopic (exact) mass is 292 g/mol. The summed E-state index contributed by atoms with van der Waals surface area (Å²) in [5, 5.41) is 2.97. The second-order valence-electron chi connectivity index (χ2n) is 5.62. The van der Waals surface area contributed by atoms with Gasteiger partial charge in [-0.3, -0.25) is 0 Å². The van der Waals surface area contributed by atoms with Crippen molar-refractivity contribution in [2.45, 2.75) is 20.3 Å². The van der Waals surface area contributed by atoms with E-state index in [0.29, 0.717) is 5.75 Å². The fraction of sp³-hybridized carbons (Fsp3) is 0.562. The number of urea groups is 1. The Balaban J connectivity index is 1.95. The van der Waals surface area contributed by atoms with Crippen LogP contribution >= 0.6 is 0 Å². The van der Waals surface area contributed by atoms with E-state index in [1.807, 2.05) is 30.0 Å². The maximum Gasteiger partial charge on any atom is 0.322 e. The Bertz CT molecular complexity index is 482. The quantitative estimate of drug-likeness (QED) is 0.874. The zero-order valence-electron chi connectivity index (χ0n) is 13.2. The second kappa shape index (κ2) is 7.31. The molecule has 5 heteroatoms. The lowest BCUT2D eigenvalue weighted by molar-refractivity contribution is -0.904. The Hall–Kier alpha value is -1.75. The Morgan fingerprint density at radius 3 is 2.71 bits per heavy atom. The van der Waals surface area contributed by atoms with Crippen molar-refractivity contribution in [3.05, 3.63) is 23.8 Å². The average molecular weight is 292 g/mol. The third-order valence-electron chi connectivity index (χ3n) is 3.96. The zero-order valence-corrected chi connectivity index (χ0v) is 13.2. The lowest BCUT2D eigenvalue weighted by Gasteiger charge is -2.32. The molecular formula is C16H26N3O2+. The van der Waals surface area contributed by atoms with Gasteiger partial charge in [-0.15, -0.1) is 0 Å². The molecule has 0 aliphatic carbocycles. The van der Waals surface area contributed by atoms with E-state index in [1.54, 1.807) is 12.0 Å². The second-order valence-corrected chi connectivity index (χ2v) is 5.62. The van der Waals surface area contributed by atoms with Gasteiger partial charge < -0.3 is 19.9 Å². The summed E-state index contributed by atoms with van der Waals surface area (Å²) < 4.78 is 5.30. The number of nitrogens with one attached hydrogen (secondary N) is 2. The average Bonchev–Trinajstić information content (AvgIpc) is 2.48. The molecule has 0 atom stereocenters. The Morgan fingerprint density at radius 1 is 1.38 bits per heavy atom. The van der Waals surface area contributed by atoms with E-state index in [2.05, 4.69) is 12.2 Å². The number of amides is 2. The molecule has 1 heterocycles. The highest BCUT2D eigenvalue weighted by Gasteiger charge is 2.23. The number of carbonyl (C=O) groups excluding carboxylic acids is 1. The van der Waals surface area contributed by atoms with Crippen molar-refractivity contribution in [2.24, 2.45) is 0 Å². The number of benzene rings is 1. The van der Waals surface area contributed by atoms with Crippen molar-refractivity contribution in [1.29, 1.82) is 0 Å². The Kier molecular flexibility index (Phi) is 5.44. The molecule has 1 aliphatic heterocycles. The van der Waals surface area contributed by atoms with E-state index in [9.17, 15) is 4.79 Å². The lowest BCUT2D eigenvalue weighted by Crippen LogP contribution is -3.14. The zero-order chi connectivity index (χ0) is 15.2. The molecule has 1 aromatic rings. The van der Waals surface area contributed by atoms with E-state index < -0.39 is 0 Å². The minimum Gasteiger partial charge on any atom is -0.495 e. The number of hydrogen-bond acceptors (Lipinski definition) is 2. The van der Waals surface area contributed by atoms with Gasteiger partial charge in [0.1, 0.15) is 5.75 Å². The van der Waals surface area contributed by atoms with Crippen LogP contribution in [-0.2, 0) is 0 Å². The number of quaternary nitrogens is 1. The highest BCUT2D eigenvalue weighted by Crippen LogP contribution is 2.25. The first-order valence-corrected chi connectivity index (χ1v) is 7.68. The lowest BCUT2D eigenvalue weighted by atomic mass is 10.2. The Morgan fingerprint density at radius 2 is 2.10 bits per heavy atom. The molecule has 0 radical (unpaired) electrons. The predicted molar refractivity (Wildman–Crippen MR) is 84.2 cm³/mol. The van der Waals surface area contributed by atoms with Crippen LogP contribution in [0.15, 0.2) is 18.2 Å². The smallest absolute Gasteiger partial charge is 0.322 e. The van der Waals surface area contributed by atoms with Crippen LogP contribution in [0.4, 0.5) is 10.5 Å². The molecule has 2 rings (SSSR count). The number of anilines is 1. The Labute approximate surface area is 126 Å². The van der Waals surface area contributed by atoms with Crippen molar-refractivity contribution >= 4 is 11.7 Å². The minimum absolute atomic E-state index is 0.0329. The first kappa shape index (κ1) is 15.6. The van der Waals surface area contributed by atoms with E-state index in [4.69, 9.17) is 4.74 Å². The van der Waals surface area contributed by atoms with Gasteiger partial charge in [0.25, 0.3) is 0 Å².